The van der Waals surface area contributed by atoms with E-state index in [0.717, 1.165) is 10.9 Å². The van der Waals surface area contributed by atoms with Crippen LogP contribution in [0, 0.1) is 0 Å². The molecule has 0 atom stereocenters. The van der Waals surface area contributed by atoms with Crippen LogP contribution in [-0.4, -0.2) is 38.7 Å². The summed E-state index contributed by atoms with van der Waals surface area (Å²) in [5.74, 6) is 0.00547. The summed E-state index contributed by atoms with van der Waals surface area (Å²) >= 11 is 3.34. The molecule has 0 spiro atoms. The van der Waals surface area contributed by atoms with Gasteiger partial charge in [0.2, 0.25) is 0 Å². The van der Waals surface area contributed by atoms with Crippen LogP contribution in [0.15, 0.2) is 53.0 Å². The van der Waals surface area contributed by atoms with Gasteiger partial charge in [-0.3, -0.25) is 9.59 Å². The fourth-order valence-electron chi connectivity index (χ4n) is 2.17. The smallest absolute Gasteiger partial charge is 0.262 e. The number of carbonyl (C=O) groups excluding carboxylic acids is 2. The zero-order valence-corrected chi connectivity index (χ0v) is 16.0. The van der Waals surface area contributed by atoms with Gasteiger partial charge in [-0.1, -0.05) is 28.1 Å². The van der Waals surface area contributed by atoms with Gasteiger partial charge in [0, 0.05) is 24.7 Å². The Balaban J connectivity index is 1.90. The third-order valence-corrected chi connectivity index (χ3v) is 3.97. The molecule has 0 heterocycles. The van der Waals surface area contributed by atoms with Crippen LogP contribution in [0.25, 0.3) is 0 Å². The Morgan fingerprint density at radius 3 is 2.54 bits per heavy atom. The molecule has 2 amide bonds. The van der Waals surface area contributed by atoms with Crippen LogP contribution in [0.5, 0.6) is 5.75 Å². The van der Waals surface area contributed by atoms with Gasteiger partial charge in [0.05, 0.1) is 11.3 Å². The van der Waals surface area contributed by atoms with E-state index in [9.17, 15) is 9.59 Å². The SMILES string of the molecule is COCCCNC(=O)c1ccccc1NC(=O)COc1ccc(Br)cc1. The summed E-state index contributed by atoms with van der Waals surface area (Å²) in [4.78, 5) is 24.4. The second-order valence-electron chi connectivity index (χ2n) is 5.44. The highest BCUT2D eigenvalue weighted by molar-refractivity contribution is 9.10. The summed E-state index contributed by atoms with van der Waals surface area (Å²) in [5, 5.41) is 5.52. The van der Waals surface area contributed by atoms with Crippen LogP contribution in [0.1, 0.15) is 16.8 Å². The molecule has 0 bridgehead atoms. The lowest BCUT2D eigenvalue weighted by Crippen LogP contribution is -2.27. The van der Waals surface area contributed by atoms with Crippen molar-refractivity contribution in [1.29, 1.82) is 0 Å². The maximum absolute atomic E-state index is 12.3. The van der Waals surface area contributed by atoms with Crippen LogP contribution in [0.4, 0.5) is 5.69 Å². The normalized spacial score (nSPS) is 10.2. The van der Waals surface area contributed by atoms with Crippen molar-refractivity contribution >= 4 is 33.4 Å². The zero-order valence-electron chi connectivity index (χ0n) is 14.5. The van der Waals surface area contributed by atoms with E-state index in [4.69, 9.17) is 9.47 Å². The molecular weight excluding hydrogens is 400 g/mol. The number of methoxy groups -OCH3 is 1. The fourth-order valence-corrected chi connectivity index (χ4v) is 2.43. The highest BCUT2D eigenvalue weighted by atomic mass is 79.9. The molecule has 0 unspecified atom stereocenters. The zero-order chi connectivity index (χ0) is 18.8. The number of anilines is 1. The Labute approximate surface area is 161 Å². The fraction of sp³-hybridized carbons (Fsp3) is 0.263. The molecule has 0 aromatic heterocycles. The third kappa shape index (κ3) is 6.50. The lowest BCUT2D eigenvalue weighted by atomic mass is 10.1. The Morgan fingerprint density at radius 1 is 1.08 bits per heavy atom. The topological polar surface area (TPSA) is 76.7 Å². The molecule has 2 aromatic rings. The molecule has 26 heavy (non-hydrogen) atoms. The van der Waals surface area contributed by atoms with E-state index < -0.39 is 0 Å². The van der Waals surface area contributed by atoms with Gasteiger partial charge in [0.25, 0.3) is 11.8 Å². The van der Waals surface area contributed by atoms with Gasteiger partial charge in [0.1, 0.15) is 5.75 Å². The number of benzene rings is 2. The van der Waals surface area contributed by atoms with Crippen molar-refractivity contribution in [3.63, 3.8) is 0 Å². The van der Waals surface area contributed by atoms with Crippen molar-refractivity contribution in [2.75, 3.05) is 32.2 Å². The Bertz CT molecular complexity index is 735. The first kappa shape index (κ1) is 19.9. The predicted octanol–water partition coefficient (Wildman–Crippen LogP) is 3.23. The second kappa shape index (κ2) is 10.6. The van der Waals surface area contributed by atoms with Crippen molar-refractivity contribution in [3.05, 3.63) is 58.6 Å². The molecule has 0 fully saturated rings. The molecule has 0 aliphatic rings. The lowest BCUT2D eigenvalue weighted by molar-refractivity contribution is -0.118. The van der Waals surface area contributed by atoms with Gasteiger partial charge in [-0.2, -0.15) is 0 Å². The Kier molecular flexibility index (Phi) is 8.11. The van der Waals surface area contributed by atoms with Crippen LogP contribution in [0.2, 0.25) is 0 Å². The summed E-state index contributed by atoms with van der Waals surface area (Å²) in [5.41, 5.74) is 0.850. The average molecular weight is 421 g/mol. The number of rotatable bonds is 9. The average Bonchev–Trinajstić information content (AvgIpc) is 2.65. The highest BCUT2D eigenvalue weighted by Gasteiger charge is 2.13. The monoisotopic (exact) mass is 420 g/mol. The maximum Gasteiger partial charge on any atom is 0.262 e. The largest absolute Gasteiger partial charge is 0.484 e. The van der Waals surface area contributed by atoms with E-state index in [0.29, 0.717) is 30.2 Å². The molecule has 7 heteroatoms. The quantitative estimate of drug-likeness (QED) is 0.610. The van der Waals surface area contributed by atoms with Crippen LogP contribution >= 0.6 is 15.9 Å². The molecule has 0 saturated carbocycles. The first-order valence-electron chi connectivity index (χ1n) is 8.14. The molecule has 0 saturated heterocycles. The van der Waals surface area contributed by atoms with Crippen molar-refractivity contribution in [2.24, 2.45) is 0 Å². The molecular formula is C19H21BrN2O4. The molecule has 0 aliphatic heterocycles. The Hall–Kier alpha value is -2.38. The third-order valence-electron chi connectivity index (χ3n) is 3.44. The lowest BCUT2D eigenvalue weighted by Gasteiger charge is -2.12. The number of amides is 2. The van der Waals surface area contributed by atoms with Gasteiger partial charge in [-0.15, -0.1) is 0 Å². The van der Waals surface area contributed by atoms with Gasteiger partial charge >= 0.3 is 0 Å². The molecule has 6 nitrogen and oxygen atoms in total. The van der Waals surface area contributed by atoms with E-state index in [1.807, 2.05) is 12.1 Å². The van der Waals surface area contributed by atoms with Crippen molar-refractivity contribution in [2.45, 2.75) is 6.42 Å². The molecule has 138 valence electrons. The van der Waals surface area contributed by atoms with E-state index >= 15 is 0 Å². The highest BCUT2D eigenvalue weighted by Crippen LogP contribution is 2.17. The second-order valence-corrected chi connectivity index (χ2v) is 6.35. The van der Waals surface area contributed by atoms with E-state index in [2.05, 4.69) is 26.6 Å². The van der Waals surface area contributed by atoms with Crippen molar-refractivity contribution < 1.29 is 19.1 Å². The van der Waals surface area contributed by atoms with Crippen molar-refractivity contribution in [3.8, 4) is 5.75 Å². The van der Waals surface area contributed by atoms with Crippen LogP contribution in [0.3, 0.4) is 0 Å². The molecule has 2 N–H and O–H groups in total. The number of para-hydroxylation sites is 1. The number of hydrogen-bond acceptors (Lipinski definition) is 4. The summed E-state index contributed by atoms with van der Waals surface area (Å²) in [6.45, 7) is 0.930. The Morgan fingerprint density at radius 2 is 1.81 bits per heavy atom. The number of carbonyl (C=O) groups is 2. The predicted molar refractivity (Wildman–Crippen MR) is 104 cm³/mol. The van der Waals surface area contributed by atoms with Crippen LogP contribution < -0.4 is 15.4 Å². The van der Waals surface area contributed by atoms with Crippen LogP contribution in [-0.2, 0) is 9.53 Å². The summed E-state index contributed by atoms with van der Waals surface area (Å²) in [6, 6.07) is 14.0. The molecule has 2 rings (SSSR count). The summed E-state index contributed by atoms with van der Waals surface area (Å²) in [6.07, 6.45) is 0.720. The minimum atomic E-state index is -0.340. The molecule has 0 aliphatic carbocycles. The maximum atomic E-state index is 12.3. The molecule has 0 radical (unpaired) electrons. The van der Waals surface area contributed by atoms with Gasteiger partial charge in [-0.25, -0.2) is 0 Å². The van der Waals surface area contributed by atoms with E-state index in [-0.39, 0.29) is 18.4 Å². The standard InChI is InChI=1S/C19H21BrN2O4/c1-25-12-4-11-21-19(24)16-5-2-3-6-17(16)22-18(23)13-26-15-9-7-14(20)8-10-15/h2-3,5-10H,4,11-13H2,1H3,(H,21,24)(H,22,23). The van der Waals surface area contributed by atoms with Gasteiger partial charge in [-0.05, 0) is 42.8 Å². The minimum absolute atomic E-state index is 0.147. The first-order chi connectivity index (χ1) is 12.6. The van der Waals surface area contributed by atoms with Crippen molar-refractivity contribution in [1.82, 2.24) is 5.32 Å². The van der Waals surface area contributed by atoms with E-state index in [1.165, 1.54) is 0 Å². The number of nitrogens with one attached hydrogen (secondary N) is 2. The minimum Gasteiger partial charge on any atom is -0.484 e. The number of ether oxygens (including phenoxy) is 2. The number of halogens is 1. The van der Waals surface area contributed by atoms with Gasteiger partial charge in [0.15, 0.2) is 6.61 Å². The summed E-state index contributed by atoms with van der Waals surface area (Å²) in [7, 11) is 1.61. The van der Waals surface area contributed by atoms with E-state index in [1.54, 1.807) is 43.5 Å². The number of hydrogen-bond donors (Lipinski definition) is 2. The van der Waals surface area contributed by atoms with Gasteiger partial charge < -0.3 is 20.1 Å². The molecule has 2 aromatic carbocycles. The first-order valence-corrected chi connectivity index (χ1v) is 8.94. The summed E-state index contributed by atoms with van der Waals surface area (Å²) < 4.78 is 11.3.